The molecule has 0 amide bonds. The van der Waals surface area contributed by atoms with Gasteiger partial charge in [-0.25, -0.2) is 0 Å². The third kappa shape index (κ3) is 4.77. The lowest BCUT2D eigenvalue weighted by Crippen LogP contribution is -2.31. The topological polar surface area (TPSA) is 78.8 Å². The smallest absolute Gasteiger partial charge is 0.273 e. The number of aromatic nitrogens is 1. The van der Waals surface area contributed by atoms with Gasteiger partial charge in [-0.2, -0.15) is 10.5 Å². The SMILES string of the molecule is Cc1ccccc1-n1c(=C(C#N)C#N)sc(=Cc2ccc(OCc3ccccc3)cc2)c1=O. The molecule has 0 spiro atoms. The average molecular weight is 450 g/mol. The molecule has 6 heteroatoms. The van der Waals surface area contributed by atoms with Crippen LogP contribution in [-0.2, 0) is 6.61 Å². The van der Waals surface area contributed by atoms with Gasteiger partial charge in [0.25, 0.3) is 5.56 Å². The number of aryl methyl sites for hydroxylation is 1. The Balaban J connectivity index is 1.73. The van der Waals surface area contributed by atoms with Crippen molar-refractivity contribution >= 4 is 23.0 Å². The molecule has 0 N–H and O–H groups in total. The molecule has 0 aliphatic heterocycles. The molecule has 0 saturated carbocycles. The van der Waals surface area contributed by atoms with Gasteiger partial charge in [-0.3, -0.25) is 9.36 Å². The van der Waals surface area contributed by atoms with Crippen molar-refractivity contribution in [2.75, 3.05) is 0 Å². The fraction of sp³-hybridized carbons (Fsp3) is 0.0741. The molecule has 0 bridgehead atoms. The molecule has 3 aromatic carbocycles. The summed E-state index contributed by atoms with van der Waals surface area (Å²) in [7, 11) is 0. The predicted molar refractivity (Wildman–Crippen MR) is 129 cm³/mol. The van der Waals surface area contributed by atoms with E-state index in [4.69, 9.17) is 4.74 Å². The van der Waals surface area contributed by atoms with Crippen molar-refractivity contribution in [1.82, 2.24) is 4.57 Å². The van der Waals surface area contributed by atoms with Crippen LogP contribution < -0.4 is 19.5 Å². The molecule has 0 unspecified atom stereocenters. The molecule has 0 aliphatic rings. The second kappa shape index (κ2) is 9.82. The summed E-state index contributed by atoms with van der Waals surface area (Å²) in [5.74, 6) is 0.727. The van der Waals surface area contributed by atoms with Crippen LogP contribution in [0.15, 0.2) is 83.7 Å². The highest BCUT2D eigenvalue weighted by Crippen LogP contribution is 2.15. The lowest BCUT2D eigenvalue weighted by molar-refractivity contribution is 0.306. The molecule has 1 heterocycles. The Morgan fingerprint density at radius 3 is 2.30 bits per heavy atom. The fourth-order valence-corrected chi connectivity index (χ4v) is 4.40. The van der Waals surface area contributed by atoms with Crippen molar-refractivity contribution < 1.29 is 4.74 Å². The van der Waals surface area contributed by atoms with Crippen LogP contribution in [0.5, 0.6) is 5.75 Å². The van der Waals surface area contributed by atoms with Gasteiger partial charge in [0, 0.05) is 0 Å². The quantitative estimate of drug-likeness (QED) is 0.464. The second-order valence-electron chi connectivity index (χ2n) is 7.28. The van der Waals surface area contributed by atoms with Crippen LogP contribution in [0.4, 0.5) is 0 Å². The van der Waals surface area contributed by atoms with E-state index in [1.165, 1.54) is 4.57 Å². The van der Waals surface area contributed by atoms with Crippen molar-refractivity contribution in [3.63, 3.8) is 0 Å². The number of para-hydroxylation sites is 1. The standard InChI is InChI=1S/C27H19N3O2S/c1-19-7-5-6-10-24(19)30-26(31)25(33-27(30)22(16-28)17-29)15-20-11-13-23(14-12-20)32-18-21-8-3-2-4-9-21/h2-15H,18H2,1H3. The summed E-state index contributed by atoms with van der Waals surface area (Å²) < 4.78 is 8.04. The van der Waals surface area contributed by atoms with Crippen LogP contribution in [0.25, 0.3) is 17.3 Å². The van der Waals surface area contributed by atoms with Crippen LogP contribution in [0, 0.1) is 29.6 Å². The number of hydrogen-bond donors (Lipinski definition) is 0. The van der Waals surface area contributed by atoms with Gasteiger partial charge in [-0.15, -0.1) is 11.3 Å². The molecule has 0 aliphatic carbocycles. The third-order valence-electron chi connectivity index (χ3n) is 5.04. The molecule has 0 saturated heterocycles. The monoisotopic (exact) mass is 449 g/mol. The van der Waals surface area contributed by atoms with E-state index in [0.717, 1.165) is 33.8 Å². The largest absolute Gasteiger partial charge is 0.489 e. The van der Waals surface area contributed by atoms with Crippen molar-refractivity contribution in [2.24, 2.45) is 0 Å². The highest BCUT2D eigenvalue weighted by atomic mass is 32.1. The minimum atomic E-state index is -0.267. The second-order valence-corrected chi connectivity index (χ2v) is 8.32. The summed E-state index contributed by atoms with van der Waals surface area (Å²) in [4.78, 5) is 13.3. The van der Waals surface area contributed by atoms with Gasteiger partial charge in [0.15, 0.2) is 5.57 Å². The van der Waals surface area contributed by atoms with E-state index in [1.807, 2.05) is 97.9 Å². The minimum absolute atomic E-state index is 0.0929. The summed E-state index contributed by atoms with van der Waals surface area (Å²) in [6.07, 6.45) is 1.76. The van der Waals surface area contributed by atoms with E-state index in [2.05, 4.69) is 0 Å². The Labute approximate surface area is 195 Å². The number of benzene rings is 3. The van der Waals surface area contributed by atoms with Crippen molar-refractivity contribution in [1.29, 1.82) is 10.5 Å². The molecule has 160 valence electrons. The van der Waals surface area contributed by atoms with Gasteiger partial charge in [-0.05, 0) is 47.9 Å². The van der Waals surface area contributed by atoms with Crippen LogP contribution in [0.3, 0.4) is 0 Å². The number of rotatable bonds is 5. The summed E-state index contributed by atoms with van der Waals surface area (Å²) in [6.45, 7) is 2.36. The average Bonchev–Trinajstić information content (AvgIpc) is 3.16. The maximum atomic E-state index is 13.3. The van der Waals surface area contributed by atoms with Gasteiger partial charge in [0.05, 0.1) is 10.2 Å². The van der Waals surface area contributed by atoms with Gasteiger partial charge >= 0.3 is 0 Å². The minimum Gasteiger partial charge on any atom is -0.489 e. The van der Waals surface area contributed by atoms with Gasteiger partial charge in [0.1, 0.15) is 29.2 Å². The number of nitriles is 2. The first-order valence-electron chi connectivity index (χ1n) is 10.2. The van der Waals surface area contributed by atoms with E-state index >= 15 is 0 Å². The van der Waals surface area contributed by atoms with Gasteiger partial charge < -0.3 is 4.74 Å². The highest BCUT2D eigenvalue weighted by molar-refractivity contribution is 7.07. The summed E-state index contributed by atoms with van der Waals surface area (Å²) in [5, 5.41) is 18.9. The first-order valence-corrected chi connectivity index (χ1v) is 11.0. The molecular formula is C27H19N3O2S. The Morgan fingerprint density at radius 2 is 1.64 bits per heavy atom. The number of ether oxygens (including phenoxy) is 1. The number of nitrogens with zero attached hydrogens (tertiary/aromatic N) is 3. The lowest BCUT2D eigenvalue weighted by Gasteiger charge is -2.06. The maximum Gasteiger partial charge on any atom is 0.273 e. The summed E-state index contributed by atoms with van der Waals surface area (Å²) in [5.41, 5.74) is 3.07. The molecule has 4 rings (SSSR count). The Morgan fingerprint density at radius 1 is 0.970 bits per heavy atom. The first-order chi connectivity index (χ1) is 16.1. The summed E-state index contributed by atoms with van der Waals surface area (Å²) in [6, 6.07) is 28.6. The van der Waals surface area contributed by atoms with Gasteiger partial charge in [0.2, 0.25) is 0 Å². The lowest BCUT2D eigenvalue weighted by atomic mass is 10.2. The van der Waals surface area contributed by atoms with Crippen molar-refractivity contribution in [3.05, 3.63) is 115 Å². The van der Waals surface area contributed by atoms with Crippen LogP contribution in [0.2, 0.25) is 0 Å². The van der Waals surface area contributed by atoms with E-state index in [1.54, 1.807) is 6.08 Å². The maximum absolute atomic E-state index is 13.3. The number of hydrogen-bond acceptors (Lipinski definition) is 5. The molecule has 4 aromatic rings. The van der Waals surface area contributed by atoms with Crippen molar-refractivity contribution in [3.8, 4) is 23.6 Å². The van der Waals surface area contributed by atoms with Crippen molar-refractivity contribution in [2.45, 2.75) is 13.5 Å². The third-order valence-corrected chi connectivity index (χ3v) is 6.14. The van der Waals surface area contributed by atoms with E-state index in [-0.39, 0.29) is 11.1 Å². The molecular weight excluding hydrogens is 430 g/mol. The van der Waals surface area contributed by atoms with Crippen LogP contribution in [0.1, 0.15) is 16.7 Å². The summed E-state index contributed by atoms with van der Waals surface area (Å²) >= 11 is 1.14. The molecule has 0 radical (unpaired) electrons. The van der Waals surface area contributed by atoms with E-state index < -0.39 is 0 Å². The van der Waals surface area contributed by atoms with E-state index in [0.29, 0.717) is 21.5 Å². The molecule has 0 atom stereocenters. The highest BCUT2D eigenvalue weighted by Gasteiger charge is 2.12. The fourth-order valence-electron chi connectivity index (χ4n) is 3.36. The zero-order valence-electron chi connectivity index (χ0n) is 17.9. The van der Waals surface area contributed by atoms with Gasteiger partial charge in [-0.1, -0.05) is 60.7 Å². The van der Waals surface area contributed by atoms with Crippen LogP contribution >= 0.6 is 11.3 Å². The first kappa shape index (κ1) is 21.8. The molecule has 33 heavy (non-hydrogen) atoms. The molecule has 5 nitrogen and oxygen atoms in total. The predicted octanol–water partition coefficient (Wildman–Crippen LogP) is 3.81. The molecule has 1 aromatic heterocycles. The Kier molecular flexibility index (Phi) is 6.50. The zero-order chi connectivity index (χ0) is 23.2. The van der Waals surface area contributed by atoms with E-state index in [9.17, 15) is 15.3 Å². The Bertz CT molecular complexity index is 1540. The normalized spacial score (nSPS) is 10.9. The molecule has 0 fully saturated rings. The zero-order valence-corrected chi connectivity index (χ0v) is 18.7. The number of thiazole rings is 1. The Hall–Kier alpha value is -4.39. The van der Waals surface area contributed by atoms with Crippen LogP contribution in [-0.4, -0.2) is 4.57 Å².